The second-order valence-corrected chi connectivity index (χ2v) is 6.82. The summed E-state index contributed by atoms with van der Waals surface area (Å²) in [7, 11) is 0. The van der Waals surface area contributed by atoms with Crippen LogP contribution in [0.3, 0.4) is 0 Å². The molecule has 0 atom stereocenters. The highest BCUT2D eigenvalue weighted by molar-refractivity contribution is 7.80. The molecule has 2 rings (SSSR count). The maximum Gasteiger partial charge on any atom is 0.264 e. The van der Waals surface area contributed by atoms with Crippen molar-refractivity contribution in [2.75, 3.05) is 11.9 Å². The molecule has 4 nitrogen and oxygen atoms in total. The molecule has 0 unspecified atom stereocenters. The molecule has 0 radical (unpaired) electrons. The number of ether oxygens (including phenoxy) is 1. The van der Waals surface area contributed by atoms with Crippen LogP contribution in [0.4, 0.5) is 5.69 Å². The molecule has 0 fully saturated rings. The Kier molecular flexibility index (Phi) is 6.39. The number of halogens is 1. The maximum atomic E-state index is 12.0. The molecule has 25 heavy (non-hydrogen) atoms. The van der Waals surface area contributed by atoms with E-state index in [-0.39, 0.29) is 17.6 Å². The van der Waals surface area contributed by atoms with Crippen LogP contribution < -0.4 is 15.4 Å². The molecule has 0 aromatic heterocycles. The summed E-state index contributed by atoms with van der Waals surface area (Å²) >= 11 is 11.1. The molecular formula is C19H21ClN2O2S. The maximum absolute atomic E-state index is 12.0. The Morgan fingerprint density at radius 3 is 2.32 bits per heavy atom. The Hall–Kier alpha value is -2.11. The number of nitrogens with one attached hydrogen (secondary N) is 2. The van der Waals surface area contributed by atoms with Crippen molar-refractivity contribution in [3.63, 3.8) is 0 Å². The fourth-order valence-corrected chi connectivity index (χ4v) is 3.05. The van der Waals surface area contributed by atoms with Gasteiger partial charge in [0.25, 0.3) is 5.91 Å². The molecule has 0 aliphatic heterocycles. The number of carbonyl (C=O) groups excluding carboxylic acids is 1. The monoisotopic (exact) mass is 376 g/mol. The highest BCUT2D eigenvalue weighted by Crippen LogP contribution is 2.22. The number of aryl methyl sites for hydroxylation is 4. The molecule has 0 heterocycles. The lowest BCUT2D eigenvalue weighted by molar-refractivity contribution is -0.121. The number of rotatable bonds is 4. The second-order valence-electron chi connectivity index (χ2n) is 5.97. The summed E-state index contributed by atoms with van der Waals surface area (Å²) in [5, 5.41) is 6.58. The van der Waals surface area contributed by atoms with E-state index < -0.39 is 0 Å². The van der Waals surface area contributed by atoms with Gasteiger partial charge in [0.05, 0.1) is 0 Å². The van der Waals surface area contributed by atoms with Crippen molar-refractivity contribution in [1.29, 1.82) is 0 Å². The van der Waals surface area contributed by atoms with Crippen LogP contribution in [0.15, 0.2) is 30.3 Å². The van der Waals surface area contributed by atoms with Gasteiger partial charge in [0, 0.05) is 10.7 Å². The second kappa shape index (κ2) is 8.32. The molecule has 2 aromatic carbocycles. The average molecular weight is 377 g/mol. The molecule has 0 aliphatic carbocycles. The summed E-state index contributed by atoms with van der Waals surface area (Å²) in [6.07, 6.45) is 0. The smallest absolute Gasteiger partial charge is 0.264 e. The summed E-state index contributed by atoms with van der Waals surface area (Å²) in [5.41, 5.74) is 5.10. The number of anilines is 1. The number of hydrogen-bond acceptors (Lipinski definition) is 3. The van der Waals surface area contributed by atoms with Gasteiger partial charge < -0.3 is 10.1 Å². The Morgan fingerprint density at radius 1 is 1.08 bits per heavy atom. The third kappa shape index (κ3) is 5.44. The van der Waals surface area contributed by atoms with Crippen molar-refractivity contribution >= 4 is 40.5 Å². The van der Waals surface area contributed by atoms with Gasteiger partial charge in [-0.25, -0.2) is 0 Å². The van der Waals surface area contributed by atoms with Crippen molar-refractivity contribution in [1.82, 2.24) is 5.32 Å². The predicted octanol–water partition coefficient (Wildman–Crippen LogP) is 4.47. The quantitative estimate of drug-likeness (QED) is 0.773. The highest BCUT2D eigenvalue weighted by Gasteiger charge is 2.10. The van der Waals surface area contributed by atoms with Crippen LogP contribution in [-0.4, -0.2) is 17.6 Å². The Balaban J connectivity index is 1.91. The van der Waals surface area contributed by atoms with E-state index in [1.165, 1.54) is 5.56 Å². The van der Waals surface area contributed by atoms with E-state index in [2.05, 4.69) is 22.8 Å². The molecule has 2 aromatic rings. The van der Waals surface area contributed by atoms with Crippen LogP contribution in [0, 0.1) is 27.7 Å². The molecule has 0 aliphatic rings. The fourth-order valence-electron chi connectivity index (χ4n) is 2.60. The van der Waals surface area contributed by atoms with Gasteiger partial charge in [0.1, 0.15) is 5.75 Å². The zero-order valence-corrected chi connectivity index (χ0v) is 16.3. The lowest BCUT2D eigenvalue weighted by atomic mass is 10.1. The highest BCUT2D eigenvalue weighted by atomic mass is 35.5. The first-order valence-corrected chi connectivity index (χ1v) is 8.62. The van der Waals surface area contributed by atoms with E-state index in [0.717, 1.165) is 22.4 Å². The first kappa shape index (κ1) is 19.2. The van der Waals surface area contributed by atoms with E-state index in [9.17, 15) is 4.79 Å². The van der Waals surface area contributed by atoms with E-state index in [1.54, 1.807) is 18.2 Å². The summed E-state index contributed by atoms with van der Waals surface area (Å²) in [6.45, 7) is 7.78. The molecular weight excluding hydrogens is 356 g/mol. The predicted molar refractivity (Wildman–Crippen MR) is 107 cm³/mol. The van der Waals surface area contributed by atoms with Crippen molar-refractivity contribution in [3.8, 4) is 5.75 Å². The number of benzene rings is 2. The molecule has 0 saturated heterocycles. The zero-order chi connectivity index (χ0) is 18.6. The molecule has 0 saturated carbocycles. The van der Waals surface area contributed by atoms with E-state index >= 15 is 0 Å². The summed E-state index contributed by atoms with van der Waals surface area (Å²) in [4.78, 5) is 12.0. The van der Waals surface area contributed by atoms with Gasteiger partial charge in [-0.05, 0) is 74.8 Å². The van der Waals surface area contributed by atoms with Crippen LogP contribution in [0.2, 0.25) is 5.02 Å². The van der Waals surface area contributed by atoms with Crippen LogP contribution in [-0.2, 0) is 4.79 Å². The molecule has 0 bridgehead atoms. The Morgan fingerprint density at radius 2 is 1.72 bits per heavy atom. The minimum atomic E-state index is -0.325. The number of amides is 1. The first-order chi connectivity index (χ1) is 11.8. The Labute approximate surface area is 158 Å². The molecule has 2 N–H and O–H groups in total. The summed E-state index contributed by atoms with van der Waals surface area (Å²) in [5.74, 6) is 0.290. The van der Waals surface area contributed by atoms with E-state index in [1.807, 2.05) is 27.7 Å². The number of hydrogen-bond donors (Lipinski definition) is 2. The van der Waals surface area contributed by atoms with Gasteiger partial charge in [-0.3, -0.25) is 10.1 Å². The lowest BCUT2D eigenvalue weighted by Crippen LogP contribution is -2.37. The van der Waals surface area contributed by atoms with Gasteiger partial charge in [0.2, 0.25) is 0 Å². The molecule has 1 amide bonds. The number of carbonyl (C=O) groups is 1. The van der Waals surface area contributed by atoms with Gasteiger partial charge in [0.15, 0.2) is 11.7 Å². The Bertz CT molecular complexity index is 798. The van der Waals surface area contributed by atoms with Gasteiger partial charge in [-0.1, -0.05) is 29.3 Å². The average Bonchev–Trinajstić information content (AvgIpc) is 2.50. The molecule has 6 heteroatoms. The van der Waals surface area contributed by atoms with Crippen molar-refractivity contribution < 1.29 is 9.53 Å². The van der Waals surface area contributed by atoms with Crippen LogP contribution in [0.25, 0.3) is 0 Å². The SMILES string of the molecule is Cc1cc(C)c(NC(=S)NC(=O)COc2ccc(Cl)cc2C)c(C)c1. The third-order valence-corrected chi connectivity index (χ3v) is 4.10. The minimum Gasteiger partial charge on any atom is -0.483 e. The van der Waals surface area contributed by atoms with E-state index in [4.69, 9.17) is 28.6 Å². The third-order valence-electron chi connectivity index (χ3n) is 3.66. The standard InChI is InChI=1S/C19H21ClN2O2S/c1-11-7-13(3)18(14(4)8-11)22-19(25)21-17(23)10-24-16-6-5-15(20)9-12(16)2/h5-9H,10H2,1-4H3,(H2,21,22,23,25). The molecule has 0 spiro atoms. The van der Waals surface area contributed by atoms with Gasteiger partial charge >= 0.3 is 0 Å². The van der Waals surface area contributed by atoms with Crippen molar-refractivity contribution in [2.24, 2.45) is 0 Å². The van der Waals surface area contributed by atoms with Crippen LogP contribution in [0.5, 0.6) is 5.75 Å². The van der Waals surface area contributed by atoms with Crippen LogP contribution >= 0.6 is 23.8 Å². The first-order valence-electron chi connectivity index (χ1n) is 7.84. The van der Waals surface area contributed by atoms with Gasteiger partial charge in [-0.15, -0.1) is 0 Å². The fraction of sp³-hybridized carbons (Fsp3) is 0.263. The lowest BCUT2D eigenvalue weighted by Gasteiger charge is -2.15. The van der Waals surface area contributed by atoms with E-state index in [0.29, 0.717) is 10.8 Å². The van der Waals surface area contributed by atoms with Crippen molar-refractivity contribution in [2.45, 2.75) is 27.7 Å². The zero-order valence-electron chi connectivity index (χ0n) is 14.7. The largest absolute Gasteiger partial charge is 0.483 e. The summed E-state index contributed by atoms with van der Waals surface area (Å²) < 4.78 is 5.51. The topological polar surface area (TPSA) is 50.4 Å². The number of thiocarbonyl (C=S) groups is 1. The van der Waals surface area contributed by atoms with Crippen LogP contribution in [0.1, 0.15) is 22.3 Å². The van der Waals surface area contributed by atoms with Gasteiger partial charge in [-0.2, -0.15) is 0 Å². The van der Waals surface area contributed by atoms with Crippen molar-refractivity contribution in [3.05, 3.63) is 57.6 Å². The molecule has 132 valence electrons. The summed E-state index contributed by atoms with van der Waals surface area (Å²) in [6, 6.07) is 9.36. The minimum absolute atomic E-state index is 0.129. The normalized spacial score (nSPS) is 10.3.